The van der Waals surface area contributed by atoms with E-state index in [-0.39, 0.29) is 5.91 Å². The average Bonchev–Trinajstić information content (AvgIpc) is 3.33. The number of amides is 1. The summed E-state index contributed by atoms with van der Waals surface area (Å²) in [6.07, 6.45) is 2.72. The molecule has 2 heterocycles. The van der Waals surface area contributed by atoms with E-state index in [1.165, 1.54) is 5.69 Å². The van der Waals surface area contributed by atoms with Gasteiger partial charge in [-0.1, -0.05) is 18.2 Å². The highest BCUT2D eigenvalue weighted by molar-refractivity contribution is 5.92. The zero-order chi connectivity index (χ0) is 21.5. The summed E-state index contributed by atoms with van der Waals surface area (Å²) in [5, 5.41) is 7.37. The smallest absolute Gasteiger partial charge is 0.271 e. The van der Waals surface area contributed by atoms with Crippen LogP contribution in [0.4, 0.5) is 5.69 Å². The summed E-state index contributed by atoms with van der Waals surface area (Å²) in [6.45, 7) is 5.82. The van der Waals surface area contributed by atoms with Gasteiger partial charge in [0.1, 0.15) is 5.75 Å². The zero-order valence-electron chi connectivity index (χ0n) is 17.9. The lowest BCUT2D eigenvalue weighted by molar-refractivity contribution is 0.0946. The first kappa shape index (κ1) is 20.9. The van der Waals surface area contributed by atoms with Crippen molar-refractivity contribution >= 4 is 11.6 Å². The van der Waals surface area contributed by atoms with Crippen molar-refractivity contribution in [1.29, 1.82) is 0 Å². The second-order valence-corrected chi connectivity index (χ2v) is 7.62. The van der Waals surface area contributed by atoms with Crippen LogP contribution in [0.1, 0.15) is 16.9 Å². The third-order valence-corrected chi connectivity index (χ3v) is 5.59. The first-order valence-electron chi connectivity index (χ1n) is 10.7. The largest absolute Gasteiger partial charge is 0.497 e. The highest BCUT2D eigenvalue weighted by Crippen LogP contribution is 2.16. The van der Waals surface area contributed by atoms with Crippen molar-refractivity contribution in [2.75, 3.05) is 51.3 Å². The van der Waals surface area contributed by atoms with Gasteiger partial charge in [0, 0.05) is 44.6 Å². The van der Waals surface area contributed by atoms with Gasteiger partial charge in [-0.25, -0.2) is 4.68 Å². The van der Waals surface area contributed by atoms with E-state index in [1.807, 2.05) is 24.3 Å². The maximum Gasteiger partial charge on any atom is 0.271 e. The second kappa shape index (κ2) is 10.1. The molecule has 4 rings (SSSR count). The van der Waals surface area contributed by atoms with Crippen LogP contribution in [0.25, 0.3) is 5.69 Å². The molecule has 0 radical (unpaired) electrons. The van der Waals surface area contributed by atoms with Gasteiger partial charge in [0.15, 0.2) is 5.69 Å². The summed E-state index contributed by atoms with van der Waals surface area (Å²) in [5.74, 6) is 0.650. The van der Waals surface area contributed by atoms with Crippen molar-refractivity contribution in [2.45, 2.75) is 6.42 Å². The number of carbonyl (C=O) groups is 1. The molecule has 0 unspecified atom stereocenters. The van der Waals surface area contributed by atoms with Gasteiger partial charge in [-0.2, -0.15) is 5.10 Å². The van der Waals surface area contributed by atoms with Gasteiger partial charge in [0.05, 0.1) is 12.8 Å². The van der Waals surface area contributed by atoms with E-state index in [0.717, 1.165) is 50.6 Å². The Morgan fingerprint density at radius 3 is 2.42 bits per heavy atom. The van der Waals surface area contributed by atoms with Crippen LogP contribution in [0, 0.1) is 0 Å². The lowest BCUT2D eigenvalue weighted by Gasteiger charge is -2.36. The summed E-state index contributed by atoms with van der Waals surface area (Å²) in [7, 11) is 1.63. The van der Waals surface area contributed by atoms with Crippen molar-refractivity contribution in [3.8, 4) is 11.4 Å². The van der Waals surface area contributed by atoms with Crippen LogP contribution in [-0.4, -0.2) is 67.0 Å². The highest BCUT2D eigenvalue weighted by atomic mass is 16.5. The van der Waals surface area contributed by atoms with E-state index in [2.05, 4.69) is 50.5 Å². The molecule has 7 nitrogen and oxygen atoms in total. The van der Waals surface area contributed by atoms with Crippen LogP contribution in [0.15, 0.2) is 66.9 Å². The standard InChI is InChI=1S/C24H29N5O2/c1-31-22-10-8-21(9-11-22)29-15-12-23(26-29)24(30)25-13-5-14-27-16-18-28(19-17-27)20-6-3-2-4-7-20/h2-4,6-12,15H,5,13-14,16-19H2,1H3,(H,25,30). The molecule has 3 aromatic rings. The maximum atomic E-state index is 12.4. The van der Waals surface area contributed by atoms with E-state index in [1.54, 1.807) is 24.1 Å². The van der Waals surface area contributed by atoms with Crippen molar-refractivity contribution in [3.63, 3.8) is 0 Å². The summed E-state index contributed by atoms with van der Waals surface area (Å²) in [4.78, 5) is 17.3. The monoisotopic (exact) mass is 419 g/mol. The number of aromatic nitrogens is 2. The minimum absolute atomic E-state index is 0.138. The fourth-order valence-corrected chi connectivity index (χ4v) is 3.79. The zero-order valence-corrected chi connectivity index (χ0v) is 17.9. The number of benzene rings is 2. The van der Waals surface area contributed by atoms with Crippen molar-refractivity contribution in [2.24, 2.45) is 0 Å². The van der Waals surface area contributed by atoms with E-state index in [0.29, 0.717) is 12.2 Å². The molecule has 0 bridgehead atoms. The van der Waals surface area contributed by atoms with Crippen molar-refractivity contribution in [3.05, 3.63) is 72.6 Å². The predicted molar refractivity (Wildman–Crippen MR) is 122 cm³/mol. The Morgan fingerprint density at radius 1 is 0.968 bits per heavy atom. The fraction of sp³-hybridized carbons (Fsp3) is 0.333. The molecule has 1 saturated heterocycles. The van der Waals surface area contributed by atoms with Crippen LogP contribution >= 0.6 is 0 Å². The molecular formula is C24H29N5O2. The van der Waals surface area contributed by atoms with Gasteiger partial charge in [-0.15, -0.1) is 0 Å². The number of piperazine rings is 1. The van der Waals surface area contributed by atoms with Crippen molar-refractivity contribution in [1.82, 2.24) is 20.0 Å². The summed E-state index contributed by atoms with van der Waals surface area (Å²) in [6, 6.07) is 19.9. The molecule has 7 heteroatoms. The molecule has 1 amide bonds. The predicted octanol–water partition coefficient (Wildman–Crippen LogP) is 2.82. The normalized spacial score (nSPS) is 14.4. The molecule has 1 N–H and O–H groups in total. The average molecular weight is 420 g/mol. The third-order valence-electron chi connectivity index (χ3n) is 5.59. The van der Waals surface area contributed by atoms with Gasteiger partial charge < -0.3 is 15.0 Å². The van der Waals surface area contributed by atoms with Crippen LogP contribution < -0.4 is 15.0 Å². The van der Waals surface area contributed by atoms with Crippen molar-refractivity contribution < 1.29 is 9.53 Å². The number of hydrogen-bond donors (Lipinski definition) is 1. The van der Waals surface area contributed by atoms with Gasteiger partial charge in [-0.3, -0.25) is 9.69 Å². The summed E-state index contributed by atoms with van der Waals surface area (Å²) >= 11 is 0. The Morgan fingerprint density at radius 2 is 1.71 bits per heavy atom. The molecule has 0 atom stereocenters. The summed E-state index contributed by atoms with van der Waals surface area (Å²) in [5.41, 5.74) is 2.60. The Hall–Kier alpha value is -3.32. The number of methoxy groups -OCH3 is 1. The first-order chi connectivity index (χ1) is 15.2. The molecule has 0 spiro atoms. The molecule has 2 aromatic carbocycles. The number of para-hydroxylation sites is 1. The molecule has 162 valence electrons. The number of carbonyl (C=O) groups excluding carboxylic acids is 1. The van der Waals surface area contributed by atoms with Crippen LogP contribution in [0.3, 0.4) is 0 Å². The second-order valence-electron chi connectivity index (χ2n) is 7.62. The number of nitrogens with one attached hydrogen (secondary N) is 1. The van der Waals surface area contributed by atoms with Crippen LogP contribution in [-0.2, 0) is 0 Å². The van der Waals surface area contributed by atoms with Crippen LogP contribution in [0.5, 0.6) is 5.75 Å². The Balaban J connectivity index is 1.18. The highest BCUT2D eigenvalue weighted by Gasteiger charge is 2.17. The molecule has 1 aliphatic heterocycles. The Labute approximate surface area is 183 Å². The number of nitrogens with zero attached hydrogens (tertiary/aromatic N) is 4. The Kier molecular flexibility index (Phi) is 6.84. The van der Waals surface area contributed by atoms with Gasteiger partial charge in [-0.05, 0) is 55.4 Å². The third kappa shape index (κ3) is 5.44. The molecular weight excluding hydrogens is 390 g/mol. The molecule has 31 heavy (non-hydrogen) atoms. The molecule has 0 aliphatic carbocycles. The SMILES string of the molecule is COc1ccc(-n2ccc(C(=O)NCCCN3CCN(c4ccccc4)CC3)n2)cc1. The molecule has 0 saturated carbocycles. The topological polar surface area (TPSA) is 62.6 Å². The summed E-state index contributed by atoms with van der Waals surface area (Å²) < 4.78 is 6.87. The maximum absolute atomic E-state index is 12.4. The van der Waals surface area contributed by atoms with E-state index in [4.69, 9.17) is 4.74 Å². The minimum Gasteiger partial charge on any atom is -0.497 e. The lowest BCUT2D eigenvalue weighted by Crippen LogP contribution is -2.47. The molecule has 1 fully saturated rings. The minimum atomic E-state index is -0.138. The van der Waals surface area contributed by atoms with Gasteiger partial charge >= 0.3 is 0 Å². The number of hydrogen-bond acceptors (Lipinski definition) is 5. The van der Waals surface area contributed by atoms with Gasteiger partial charge in [0.2, 0.25) is 0 Å². The van der Waals surface area contributed by atoms with E-state index >= 15 is 0 Å². The number of ether oxygens (including phenoxy) is 1. The Bertz CT molecular complexity index is 963. The quantitative estimate of drug-likeness (QED) is 0.569. The lowest BCUT2D eigenvalue weighted by atomic mass is 10.2. The number of anilines is 1. The van der Waals surface area contributed by atoms with E-state index in [9.17, 15) is 4.79 Å². The first-order valence-corrected chi connectivity index (χ1v) is 10.7. The van der Waals surface area contributed by atoms with Crippen LogP contribution in [0.2, 0.25) is 0 Å². The molecule has 1 aromatic heterocycles. The molecule has 1 aliphatic rings. The van der Waals surface area contributed by atoms with E-state index < -0.39 is 0 Å². The van der Waals surface area contributed by atoms with Gasteiger partial charge in [0.25, 0.3) is 5.91 Å². The fourth-order valence-electron chi connectivity index (χ4n) is 3.79. The number of rotatable bonds is 8.